The molecule has 0 bridgehead atoms. The highest BCUT2D eigenvalue weighted by Crippen LogP contribution is 2.18. The lowest BCUT2D eigenvalue weighted by molar-refractivity contribution is -0.0819. The highest BCUT2D eigenvalue weighted by Gasteiger charge is 2.16. The topological polar surface area (TPSA) is 97.0 Å². The zero-order valence-corrected chi connectivity index (χ0v) is 11.3. The van der Waals surface area contributed by atoms with Gasteiger partial charge in [-0.2, -0.15) is 9.97 Å². The number of hydrogen-bond donors (Lipinski definition) is 3. The minimum Gasteiger partial charge on any atom is -0.376 e. The van der Waals surface area contributed by atoms with Gasteiger partial charge in [-0.05, 0) is 6.92 Å². The van der Waals surface area contributed by atoms with Gasteiger partial charge in [0.05, 0.1) is 32.3 Å². The molecule has 1 aliphatic heterocycles. The zero-order chi connectivity index (χ0) is 13.8. The summed E-state index contributed by atoms with van der Waals surface area (Å²) < 4.78 is 11.0. The third-order valence-electron chi connectivity index (χ3n) is 3.00. The van der Waals surface area contributed by atoms with Gasteiger partial charge in [-0.25, -0.2) is 4.98 Å². The number of anilines is 2. The second-order valence-electron chi connectivity index (χ2n) is 4.48. The van der Waals surface area contributed by atoms with Crippen molar-refractivity contribution in [1.82, 2.24) is 19.9 Å². The van der Waals surface area contributed by atoms with Crippen LogP contribution in [0.5, 0.6) is 0 Å². The summed E-state index contributed by atoms with van der Waals surface area (Å²) in [6, 6.07) is 0. The van der Waals surface area contributed by atoms with Crippen molar-refractivity contribution in [3.05, 3.63) is 6.33 Å². The molecule has 1 saturated heterocycles. The second kappa shape index (κ2) is 6.02. The minimum atomic E-state index is 0.0410. The number of aromatic nitrogens is 4. The molecule has 20 heavy (non-hydrogen) atoms. The maximum absolute atomic E-state index is 5.60. The second-order valence-corrected chi connectivity index (χ2v) is 4.48. The van der Waals surface area contributed by atoms with Crippen molar-refractivity contribution in [3.63, 3.8) is 0 Å². The number of nitrogens with one attached hydrogen (secondary N) is 3. The van der Waals surface area contributed by atoms with Crippen LogP contribution in [-0.4, -0.2) is 59.0 Å². The van der Waals surface area contributed by atoms with Crippen molar-refractivity contribution in [1.29, 1.82) is 0 Å². The quantitative estimate of drug-likeness (QED) is 0.737. The van der Waals surface area contributed by atoms with E-state index in [1.54, 1.807) is 6.33 Å². The number of nitrogens with zero attached hydrogens (tertiary/aromatic N) is 3. The van der Waals surface area contributed by atoms with Crippen LogP contribution in [0.1, 0.15) is 6.92 Å². The summed E-state index contributed by atoms with van der Waals surface area (Å²) >= 11 is 0. The monoisotopic (exact) mass is 278 g/mol. The number of aromatic amines is 1. The first kappa shape index (κ1) is 13.1. The number of imidazole rings is 1. The molecule has 1 unspecified atom stereocenters. The minimum absolute atomic E-state index is 0.0410. The van der Waals surface area contributed by atoms with E-state index >= 15 is 0 Å². The number of H-pyrrole nitrogens is 1. The van der Waals surface area contributed by atoms with E-state index in [-0.39, 0.29) is 6.10 Å². The first-order valence-electron chi connectivity index (χ1n) is 6.75. The molecule has 0 aliphatic carbocycles. The van der Waals surface area contributed by atoms with Gasteiger partial charge in [0.1, 0.15) is 5.52 Å². The van der Waals surface area contributed by atoms with Gasteiger partial charge < -0.3 is 25.1 Å². The number of ether oxygens (including phenoxy) is 2. The molecule has 2 aromatic rings. The highest BCUT2D eigenvalue weighted by atomic mass is 16.6. The molecular formula is C12H18N6O2. The molecular weight excluding hydrogens is 260 g/mol. The molecule has 108 valence electrons. The van der Waals surface area contributed by atoms with E-state index in [0.29, 0.717) is 38.0 Å². The van der Waals surface area contributed by atoms with Crippen LogP contribution in [0.3, 0.4) is 0 Å². The Kier molecular flexibility index (Phi) is 3.93. The standard InChI is InChI=1S/C12H18N6O2/c1-2-13-12-17-10(9-11(18-12)16-7-15-9)14-5-8-6-19-3-4-20-8/h7-8H,2-6H2,1H3,(H3,13,14,15,16,17,18). The normalized spacial score (nSPS) is 19.1. The summed E-state index contributed by atoms with van der Waals surface area (Å²) in [6.07, 6.45) is 1.65. The molecule has 3 N–H and O–H groups in total. The molecule has 1 aliphatic rings. The molecule has 2 aromatic heterocycles. The van der Waals surface area contributed by atoms with Crippen molar-refractivity contribution in [2.24, 2.45) is 0 Å². The molecule has 3 heterocycles. The van der Waals surface area contributed by atoms with Crippen LogP contribution in [0.25, 0.3) is 11.2 Å². The van der Waals surface area contributed by atoms with E-state index < -0.39 is 0 Å². The predicted molar refractivity (Wildman–Crippen MR) is 74.9 cm³/mol. The summed E-state index contributed by atoms with van der Waals surface area (Å²) in [7, 11) is 0. The van der Waals surface area contributed by atoms with Crippen LogP contribution in [0.4, 0.5) is 11.8 Å². The highest BCUT2D eigenvalue weighted by molar-refractivity contribution is 5.83. The van der Waals surface area contributed by atoms with E-state index in [1.807, 2.05) is 6.92 Å². The largest absolute Gasteiger partial charge is 0.376 e. The predicted octanol–water partition coefficient (Wildman–Crippen LogP) is 0.612. The van der Waals surface area contributed by atoms with Gasteiger partial charge in [0.25, 0.3) is 0 Å². The van der Waals surface area contributed by atoms with Crippen LogP contribution in [0, 0.1) is 0 Å². The number of hydrogen-bond acceptors (Lipinski definition) is 7. The molecule has 1 fully saturated rings. The lowest BCUT2D eigenvalue weighted by Crippen LogP contribution is -2.34. The van der Waals surface area contributed by atoms with Gasteiger partial charge in [0.2, 0.25) is 5.95 Å². The Morgan fingerprint density at radius 3 is 3.10 bits per heavy atom. The van der Waals surface area contributed by atoms with Gasteiger partial charge in [0.15, 0.2) is 11.5 Å². The average Bonchev–Trinajstić information content (AvgIpc) is 2.95. The van der Waals surface area contributed by atoms with Gasteiger partial charge in [-0.1, -0.05) is 0 Å². The van der Waals surface area contributed by atoms with Crippen LogP contribution in [0.15, 0.2) is 6.33 Å². The summed E-state index contributed by atoms with van der Waals surface area (Å²) in [5.74, 6) is 1.29. The van der Waals surface area contributed by atoms with Crippen molar-refractivity contribution in [2.75, 3.05) is 43.5 Å². The fourth-order valence-corrected chi connectivity index (χ4v) is 2.06. The molecule has 3 rings (SSSR count). The van der Waals surface area contributed by atoms with Crippen LogP contribution >= 0.6 is 0 Å². The molecule has 0 amide bonds. The molecule has 8 heteroatoms. The number of fused-ring (bicyclic) bond motifs is 1. The molecule has 0 aromatic carbocycles. The first-order chi connectivity index (χ1) is 9.86. The smallest absolute Gasteiger partial charge is 0.226 e. The van der Waals surface area contributed by atoms with E-state index in [0.717, 1.165) is 17.9 Å². The molecule has 0 radical (unpaired) electrons. The lowest BCUT2D eigenvalue weighted by Gasteiger charge is -2.23. The van der Waals surface area contributed by atoms with Crippen molar-refractivity contribution in [2.45, 2.75) is 13.0 Å². The molecule has 1 atom stereocenters. The summed E-state index contributed by atoms with van der Waals surface area (Å²) in [5.41, 5.74) is 1.43. The third-order valence-corrected chi connectivity index (χ3v) is 3.00. The van der Waals surface area contributed by atoms with Crippen LogP contribution < -0.4 is 10.6 Å². The maximum atomic E-state index is 5.60. The first-order valence-corrected chi connectivity index (χ1v) is 6.75. The molecule has 0 saturated carbocycles. The van der Waals surface area contributed by atoms with Crippen molar-refractivity contribution >= 4 is 22.9 Å². The zero-order valence-electron chi connectivity index (χ0n) is 11.3. The molecule has 8 nitrogen and oxygen atoms in total. The van der Waals surface area contributed by atoms with Gasteiger partial charge in [-0.3, -0.25) is 0 Å². The van der Waals surface area contributed by atoms with Crippen molar-refractivity contribution in [3.8, 4) is 0 Å². The summed E-state index contributed by atoms with van der Waals surface area (Å²) in [6.45, 7) is 5.30. The lowest BCUT2D eigenvalue weighted by atomic mass is 10.3. The summed E-state index contributed by atoms with van der Waals surface area (Å²) in [5, 5.41) is 6.37. The maximum Gasteiger partial charge on any atom is 0.226 e. The Morgan fingerprint density at radius 1 is 1.35 bits per heavy atom. The number of rotatable bonds is 5. The Morgan fingerprint density at radius 2 is 2.30 bits per heavy atom. The average molecular weight is 278 g/mol. The van der Waals surface area contributed by atoms with Crippen molar-refractivity contribution < 1.29 is 9.47 Å². The third kappa shape index (κ3) is 2.81. The Labute approximate surface area is 116 Å². The Balaban J connectivity index is 1.76. The van der Waals surface area contributed by atoms with E-state index in [1.165, 1.54) is 0 Å². The SMILES string of the molecule is CCNc1nc(NCC2COCCO2)c2[nH]cnc2n1. The van der Waals surface area contributed by atoms with Crippen LogP contribution in [-0.2, 0) is 9.47 Å². The van der Waals surface area contributed by atoms with E-state index in [9.17, 15) is 0 Å². The van der Waals surface area contributed by atoms with Gasteiger partial charge in [-0.15, -0.1) is 0 Å². The Bertz CT molecular complexity index is 566. The fraction of sp³-hybridized carbons (Fsp3) is 0.583. The fourth-order valence-electron chi connectivity index (χ4n) is 2.06. The Hall–Kier alpha value is -1.93. The van der Waals surface area contributed by atoms with E-state index in [4.69, 9.17) is 9.47 Å². The molecule has 0 spiro atoms. The summed E-state index contributed by atoms with van der Waals surface area (Å²) in [4.78, 5) is 16.0. The van der Waals surface area contributed by atoms with Gasteiger partial charge >= 0.3 is 0 Å². The van der Waals surface area contributed by atoms with E-state index in [2.05, 4.69) is 30.6 Å². The van der Waals surface area contributed by atoms with Crippen LogP contribution in [0.2, 0.25) is 0 Å². The van der Waals surface area contributed by atoms with Gasteiger partial charge in [0, 0.05) is 13.1 Å².